The molecular weight excluding hydrogens is 381 g/mol. The maximum absolute atomic E-state index is 14.0. The molecule has 2 N–H and O–H groups in total. The summed E-state index contributed by atoms with van der Waals surface area (Å²) in [6.45, 7) is 1.97. The molecule has 7 heteroatoms. The highest BCUT2D eigenvalue weighted by Crippen LogP contribution is 2.24. The molecular formula is C23H18FN5O. The molecule has 0 aliphatic rings. The molecule has 0 bridgehead atoms. The van der Waals surface area contributed by atoms with Gasteiger partial charge in [-0.15, -0.1) is 0 Å². The van der Waals surface area contributed by atoms with Crippen molar-refractivity contribution in [2.75, 3.05) is 10.6 Å². The molecule has 148 valence electrons. The first-order chi connectivity index (χ1) is 14.6. The summed E-state index contributed by atoms with van der Waals surface area (Å²) in [7, 11) is 0. The number of halogens is 1. The van der Waals surface area contributed by atoms with E-state index in [-0.39, 0.29) is 11.7 Å². The second-order valence-electron chi connectivity index (χ2n) is 6.67. The predicted octanol–water partition coefficient (Wildman–Crippen LogP) is 4.98. The lowest BCUT2D eigenvalue weighted by Gasteiger charge is -2.09. The van der Waals surface area contributed by atoms with Crippen molar-refractivity contribution in [3.05, 3.63) is 96.3 Å². The Labute approximate surface area is 172 Å². The summed E-state index contributed by atoms with van der Waals surface area (Å²) in [4.78, 5) is 25.3. The van der Waals surface area contributed by atoms with E-state index in [9.17, 15) is 9.18 Å². The average molecular weight is 399 g/mol. The number of amides is 1. The van der Waals surface area contributed by atoms with Crippen molar-refractivity contribution in [1.82, 2.24) is 15.0 Å². The second-order valence-corrected chi connectivity index (χ2v) is 6.67. The quantitative estimate of drug-likeness (QED) is 0.495. The lowest BCUT2D eigenvalue weighted by atomic mass is 10.1. The molecule has 0 unspecified atom stereocenters. The third kappa shape index (κ3) is 4.47. The molecule has 30 heavy (non-hydrogen) atoms. The van der Waals surface area contributed by atoms with Gasteiger partial charge in [-0.25, -0.2) is 14.4 Å². The summed E-state index contributed by atoms with van der Waals surface area (Å²) >= 11 is 0. The summed E-state index contributed by atoms with van der Waals surface area (Å²) in [5.74, 6) is 0.461. The van der Waals surface area contributed by atoms with Crippen molar-refractivity contribution in [1.29, 1.82) is 0 Å². The smallest absolute Gasteiger partial charge is 0.255 e. The van der Waals surface area contributed by atoms with Crippen LogP contribution in [0.4, 0.5) is 21.7 Å². The van der Waals surface area contributed by atoms with Gasteiger partial charge in [-0.3, -0.25) is 9.78 Å². The van der Waals surface area contributed by atoms with E-state index >= 15 is 0 Å². The van der Waals surface area contributed by atoms with Crippen molar-refractivity contribution < 1.29 is 9.18 Å². The number of pyridine rings is 3. The minimum absolute atomic E-state index is 0.329. The highest BCUT2D eigenvalue weighted by atomic mass is 19.1. The Morgan fingerprint density at radius 1 is 0.933 bits per heavy atom. The van der Waals surface area contributed by atoms with Gasteiger partial charge < -0.3 is 10.6 Å². The number of hydrogen-bond acceptors (Lipinski definition) is 5. The molecule has 0 aliphatic heterocycles. The van der Waals surface area contributed by atoms with Crippen LogP contribution in [0.1, 0.15) is 15.9 Å². The molecule has 3 aromatic heterocycles. The molecule has 0 atom stereocenters. The lowest BCUT2D eigenvalue weighted by molar-refractivity contribution is 0.102. The van der Waals surface area contributed by atoms with Crippen LogP contribution in [0.3, 0.4) is 0 Å². The van der Waals surface area contributed by atoms with Crippen LogP contribution in [0.15, 0.2) is 79.4 Å². The van der Waals surface area contributed by atoms with Crippen molar-refractivity contribution in [2.24, 2.45) is 0 Å². The van der Waals surface area contributed by atoms with Gasteiger partial charge in [0.05, 0.1) is 11.9 Å². The molecule has 0 fully saturated rings. The molecule has 0 aliphatic carbocycles. The fourth-order valence-electron chi connectivity index (χ4n) is 2.93. The molecule has 1 aromatic carbocycles. The number of benzene rings is 1. The zero-order valence-electron chi connectivity index (χ0n) is 16.1. The van der Waals surface area contributed by atoms with Gasteiger partial charge in [0, 0.05) is 35.3 Å². The van der Waals surface area contributed by atoms with Crippen LogP contribution in [0, 0.1) is 12.7 Å². The van der Waals surface area contributed by atoms with Crippen LogP contribution >= 0.6 is 0 Å². The molecule has 0 radical (unpaired) electrons. The monoisotopic (exact) mass is 399 g/mol. The van der Waals surface area contributed by atoms with Gasteiger partial charge in [-0.1, -0.05) is 18.2 Å². The number of anilines is 3. The predicted molar refractivity (Wildman–Crippen MR) is 114 cm³/mol. The highest BCUT2D eigenvalue weighted by molar-refractivity contribution is 6.04. The topological polar surface area (TPSA) is 79.8 Å². The van der Waals surface area contributed by atoms with E-state index in [1.807, 2.05) is 19.1 Å². The lowest BCUT2D eigenvalue weighted by Crippen LogP contribution is -2.12. The van der Waals surface area contributed by atoms with Gasteiger partial charge in [0.15, 0.2) is 0 Å². The van der Waals surface area contributed by atoms with Gasteiger partial charge in [0.25, 0.3) is 5.91 Å². The number of nitrogens with one attached hydrogen (secondary N) is 2. The van der Waals surface area contributed by atoms with E-state index in [0.29, 0.717) is 34.0 Å². The maximum Gasteiger partial charge on any atom is 0.255 e. The molecule has 6 nitrogen and oxygen atoms in total. The molecule has 4 aromatic rings. The Morgan fingerprint density at radius 3 is 2.50 bits per heavy atom. The molecule has 0 saturated carbocycles. The summed E-state index contributed by atoms with van der Waals surface area (Å²) in [5, 5.41) is 5.88. The maximum atomic E-state index is 14.0. The second kappa shape index (κ2) is 8.48. The number of aromatic nitrogens is 3. The summed E-state index contributed by atoms with van der Waals surface area (Å²) in [5.41, 5.74) is 2.93. The molecule has 1 amide bonds. The normalized spacial score (nSPS) is 10.5. The average Bonchev–Trinajstić information content (AvgIpc) is 2.74. The largest absolute Gasteiger partial charge is 0.325 e. The minimum atomic E-state index is -0.350. The van der Waals surface area contributed by atoms with Crippen molar-refractivity contribution in [2.45, 2.75) is 6.92 Å². The van der Waals surface area contributed by atoms with E-state index < -0.39 is 0 Å². The molecule has 4 rings (SSSR count). The number of rotatable bonds is 5. The Kier molecular flexibility index (Phi) is 5.43. The number of carbonyl (C=O) groups is 1. The number of aryl methyl sites for hydroxylation is 1. The van der Waals surface area contributed by atoms with Crippen LogP contribution in [-0.2, 0) is 0 Å². The first kappa shape index (κ1) is 19.2. The van der Waals surface area contributed by atoms with Crippen LogP contribution in [-0.4, -0.2) is 20.9 Å². The summed E-state index contributed by atoms with van der Waals surface area (Å²) in [6.07, 6.45) is 6.31. The zero-order valence-corrected chi connectivity index (χ0v) is 16.1. The molecule has 0 spiro atoms. The summed E-state index contributed by atoms with van der Waals surface area (Å²) < 4.78 is 14.0. The molecule has 3 heterocycles. The highest BCUT2D eigenvalue weighted by Gasteiger charge is 2.10. The van der Waals surface area contributed by atoms with E-state index in [1.54, 1.807) is 55.0 Å². The fourth-order valence-corrected chi connectivity index (χ4v) is 2.93. The van der Waals surface area contributed by atoms with E-state index in [2.05, 4.69) is 25.6 Å². The van der Waals surface area contributed by atoms with Crippen molar-refractivity contribution in [3.8, 4) is 11.1 Å². The van der Waals surface area contributed by atoms with Crippen LogP contribution in [0.5, 0.6) is 0 Å². The van der Waals surface area contributed by atoms with Crippen molar-refractivity contribution in [3.63, 3.8) is 0 Å². The Balaban J connectivity index is 1.52. The molecule has 0 saturated heterocycles. The van der Waals surface area contributed by atoms with E-state index in [1.165, 1.54) is 12.3 Å². The van der Waals surface area contributed by atoms with Gasteiger partial charge in [0.2, 0.25) is 0 Å². The van der Waals surface area contributed by atoms with Crippen LogP contribution < -0.4 is 10.6 Å². The standard InChI is InChI=1S/C23H18FN5O/c1-15-6-8-26-21(10-15)29-22-12-16(7-9-27-22)23(30)28-18-11-17(13-25-14-18)19-4-2-3-5-20(19)24/h2-14H,1H3,(H,28,30)(H,26,27,29). The third-order valence-corrected chi connectivity index (χ3v) is 4.37. The Hall–Kier alpha value is -4.13. The van der Waals surface area contributed by atoms with E-state index in [4.69, 9.17) is 0 Å². The number of hydrogen-bond donors (Lipinski definition) is 2. The van der Waals surface area contributed by atoms with Crippen molar-refractivity contribution >= 4 is 23.2 Å². The number of carbonyl (C=O) groups excluding carboxylic acids is 1. The minimum Gasteiger partial charge on any atom is -0.325 e. The SMILES string of the molecule is Cc1ccnc(Nc2cc(C(=O)Nc3cncc(-c4ccccc4F)c3)ccn2)c1. The Bertz CT molecular complexity index is 1210. The first-order valence-corrected chi connectivity index (χ1v) is 9.25. The Morgan fingerprint density at radius 2 is 1.70 bits per heavy atom. The van der Waals surface area contributed by atoms with Crippen LogP contribution in [0.2, 0.25) is 0 Å². The zero-order chi connectivity index (χ0) is 20.9. The van der Waals surface area contributed by atoms with Gasteiger partial charge in [0.1, 0.15) is 17.5 Å². The summed E-state index contributed by atoms with van der Waals surface area (Å²) in [6, 6.07) is 15.1. The van der Waals surface area contributed by atoms with Gasteiger partial charge in [-0.2, -0.15) is 0 Å². The first-order valence-electron chi connectivity index (χ1n) is 9.25. The van der Waals surface area contributed by atoms with E-state index in [0.717, 1.165) is 5.56 Å². The number of nitrogens with zero attached hydrogens (tertiary/aromatic N) is 3. The van der Waals surface area contributed by atoms with Crippen LogP contribution in [0.25, 0.3) is 11.1 Å². The van der Waals surface area contributed by atoms with Gasteiger partial charge >= 0.3 is 0 Å². The third-order valence-electron chi connectivity index (χ3n) is 4.37. The van der Waals surface area contributed by atoms with Gasteiger partial charge in [-0.05, 0) is 48.9 Å². The fraction of sp³-hybridized carbons (Fsp3) is 0.0435.